The van der Waals surface area contributed by atoms with Crippen molar-refractivity contribution < 1.29 is 0 Å². The van der Waals surface area contributed by atoms with Gasteiger partial charge < -0.3 is 0 Å². The largest absolute Gasteiger partial charge is 0.268 e. The minimum absolute atomic E-state index is 0.0885. The number of aromatic nitrogens is 2. The Balaban J connectivity index is 2.05. The van der Waals surface area contributed by atoms with E-state index in [2.05, 4.69) is 20.8 Å². The number of nitrogens with zero attached hydrogens (tertiary/aromatic N) is 2. The van der Waals surface area contributed by atoms with Gasteiger partial charge in [-0.1, -0.05) is 50.7 Å². The number of thioether (sulfide) groups is 1. The van der Waals surface area contributed by atoms with E-state index in [1.54, 1.807) is 27.7 Å². The quantitative estimate of drug-likeness (QED) is 0.458. The first-order chi connectivity index (χ1) is 12.1. The third kappa shape index (κ3) is 2.93. The molecule has 0 bridgehead atoms. The maximum Gasteiger partial charge on any atom is 0.267 e. The molecule has 1 atom stereocenters. The zero-order valence-corrected chi connectivity index (χ0v) is 16.4. The zero-order chi connectivity index (χ0) is 17.6. The fourth-order valence-corrected chi connectivity index (χ4v) is 5.85. The standard InChI is InChI=1S/C20H22N2OS2/c1-12(2)24-20-21-18-17(16-13(3)8-7-11-15(16)25-18)19(23)22(20)14-9-5-4-6-10-14/h4-6,9-10,12-13H,7-8,11H2,1-3H3/t13-/m1/s1. The lowest BCUT2D eigenvalue weighted by molar-refractivity contribution is 0.601. The summed E-state index contributed by atoms with van der Waals surface area (Å²) in [5.74, 6) is 0.444. The molecule has 25 heavy (non-hydrogen) atoms. The minimum Gasteiger partial charge on any atom is -0.268 e. The van der Waals surface area contributed by atoms with Gasteiger partial charge in [-0.25, -0.2) is 4.98 Å². The molecule has 3 aromatic rings. The molecular formula is C20H22N2OS2. The molecule has 3 nitrogen and oxygen atoms in total. The Labute approximate surface area is 156 Å². The van der Waals surface area contributed by atoms with Gasteiger partial charge in [0.1, 0.15) is 4.83 Å². The molecule has 2 aromatic heterocycles. The van der Waals surface area contributed by atoms with E-state index in [-0.39, 0.29) is 5.56 Å². The summed E-state index contributed by atoms with van der Waals surface area (Å²) < 4.78 is 1.81. The molecule has 1 aromatic carbocycles. The molecule has 2 heterocycles. The van der Waals surface area contributed by atoms with Crippen LogP contribution in [0.4, 0.5) is 0 Å². The molecular weight excluding hydrogens is 348 g/mol. The van der Waals surface area contributed by atoms with E-state index in [4.69, 9.17) is 4.98 Å². The molecule has 0 unspecified atom stereocenters. The Morgan fingerprint density at radius 1 is 1.28 bits per heavy atom. The Bertz CT molecular complexity index is 973. The van der Waals surface area contributed by atoms with Crippen molar-refractivity contribution in [3.8, 4) is 5.69 Å². The second-order valence-electron chi connectivity index (χ2n) is 6.95. The third-order valence-electron chi connectivity index (χ3n) is 4.70. The SMILES string of the molecule is CC(C)Sc1nc2sc3c(c2c(=O)n1-c1ccccc1)[C@H](C)CCC3. The summed E-state index contributed by atoms with van der Waals surface area (Å²) in [6.07, 6.45) is 3.45. The summed E-state index contributed by atoms with van der Waals surface area (Å²) >= 11 is 3.38. The van der Waals surface area contributed by atoms with Crippen molar-refractivity contribution >= 4 is 33.3 Å². The predicted molar refractivity (Wildman–Crippen MR) is 108 cm³/mol. The molecule has 5 heteroatoms. The fourth-order valence-electron chi connectivity index (χ4n) is 3.61. The lowest BCUT2D eigenvalue weighted by Gasteiger charge is -2.19. The maximum atomic E-state index is 13.5. The van der Waals surface area contributed by atoms with Crippen molar-refractivity contribution in [1.29, 1.82) is 0 Å². The number of hydrogen-bond acceptors (Lipinski definition) is 4. The first-order valence-corrected chi connectivity index (χ1v) is 10.6. The lowest BCUT2D eigenvalue weighted by atomic mass is 9.88. The smallest absolute Gasteiger partial charge is 0.267 e. The zero-order valence-electron chi connectivity index (χ0n) is 14.8. The number of fused-ring (bicyclic) bond motifs is 3. The molecule has 0 spiro atoms. The maximum absolute atomic E-state index is 13.5. The molecule has 0 radical (unpaired) electrons. The van der Waals surface area contributed by atoms with Crippen LogP contribution in [-0.4, -0.2) is 14.8 Å². The van der Waals surface area contributed by atoms with Gasteiger partial charge in [-0.15, -0.1) is 11.3 Å². The molecule has 0 amide bonds. The molecule has 1 aliphatic rings. The molecule has 4 rings (SSSR count). The van der Waals surface area contributed by atoms with Gasteiger partial charge in [0.25, 0.3) is 5.56 Å². The van der Waals surface area contributed by atoms with Crippen molar-refractivity contribution in [2.45, 2.75) is 56.4 Å². The van der Waals surface area contributed by atoms with E-state index in [0.717, 1.165) is 33.9 Å². The van der Waals surface area contributed by atoms with Crippen LogP contribution in [0.2, 0.25) is 0 Å². The van der Waals surface area contributed by atoms with Crippen LogP contribution in [0.5, 0.6) is 0 Å². The highest BCUT2D eigenvalue weighted by Gasteiger charge is 2.26. The molecule has 0 saturated heterocycles. The van der Waals surface area contributed by atoms with Crippen LogP contribution in [-0.2, 0) is 6.42 Å². The van der Waals surface area contributed by atoms with Crippen LogP contribution in [0, 0.1) is 0 Å². The number of rotatable bonds is 3. The van der Waals surface area contributed by atoms with Gasteiger partial charge in [0.15, 0.2) is 5.16 Å². The van der Waals surface area contributed by atoms with Gasteiger partial charge in [0, 0.05) is 10.1 Å². The summed E-state index contributed by atoms with van der Waals surface area (Å²) in [6.45, 7) is 6.52. The predicted octanol–water partition coefficient (Wildman–Crippen LogP) is 5.39. The number of benzene rings is 1. The van der Waals surface area contributed by atoms with Crippen LogP contribution in [0.3, 0.4) is 0 Å². The van der Waals surface area contributed by atoms with Crippen LogP contribution >= 0.6 is 23.1 Å². The first kappa shape index (κ1) is 16.9. The van der Waals surface area contributed by atoms with Gasteiger partial charge in [0.2, 0.25) is 0 Å². The molecule has 130 valence electrons. The van der Waals surface area contributed by atoms with Crippen LogP contribution in [0.15, 0.2) is 40.3 Å². The van der Waals surface area contributed by atoms with E-state index in [1.165, 1.54) is 16.9 Å². The van der Waals surface area contributed by atoms with Crippen LogP contribution in [0.25, 0.3) is 15.9 Å². The second kappa shape index (κ2) is 6.61. The molecule has 0 fully saturated rings. The van der Waals surface area contributed by atoms with Gasteiger partial charge in [-0.3, -0.25) is 9.36 Å². The van der Waals surface area contributed by atoms with Crippen molar-refractivity contribution in [3.63, 3.8) is 0 Å². The highest BCUT2D eigenvalue weighted by Crippen LogP contribution is 2.41. The van der Waals surface area contributed by atoms with Gasteiger partial charge in [-0.2, -0.15) is 0 Å². The number of hydrogen-bond donors (Lipinski definition) is 0. The Hall–Kier alpha value is -1.59. The third-order valence-corrected chi connectivity index (χ3v) is 6.81. The molecule has 0 aliphatic heterocycles. The van der Waals surface area contributed by atoms with Gasteiger partial charge >= 0.3 is 0 Å². The van der Waals surface area contributed by atoms with Crippen LogP contribution in [0.1, 0.15) is 50.0 Å². The molecule has 0 saturated carbocycles. The fraction of sp³-hybridized carbons (Fsp3) is 0.400. The minimum atomic E-state index is 0.0885. The van der Waals surface area contributed by atoms with Crippen molar-refractivity contribution in [3.05, 3.63) is 51.1 Å². The molecule has 1 aliphatic carbocycles. The average molecular weight is 371 g/mol. The summed E-state index contributed by atoms with van der Waals surface area (Å²) in [4.78, 5) is 20.7. The van der Waals surface area contributed by atoms with Crippen molar-refractivity contribution in [2.24, 2.45) is 0 Å². The van der Waals surface area contributed by atoms with E-state index < -0.39 is 0 Å². The summed E-state index contributed by atoms with van der Waals surface area (Å²) in [6, 6.07) is 9.90. The first-order valence-electron chi connectivity index (χ1n) is 8.86. The summed E-state index contributed by atoms with van der Waals surface area (Å²) in [5, 5.41) is 2.02. The summed E-state index contributed by atoms with van der Waals surface area (Å²) in [5.41, 5.74) is 2.24. The molecule has 0 N–H and O–H groups in total. The van der Waals surface area contributed by atoms with E-state index in [1.807, 2.05) is 30.3 Å². The van der Waals surface area contributed by atoms with Crippen molar-refractivity contribution in [2.75, 3.05) is 0 Å². The lowest BCUT2D eigenvalue weighted by Crippen LogP contribution is -2.23. The van der Waals surface area contributed by atoms with Crippen molar-refractivity contribution in [1.82, 2.24) is 9.55 Å². The number of aryl methyl sites for hydroxylation is 1. The van der Waals surface area contributed by atoms with Crippen LogP contribution < -0.4 is 5.56 Å². The van der Waals surface area contributed by atoms with E-state index in [0.29, 0.717) is 11.2 Å². The van der Waals surface area contributed by atoms with E-state index in [9.17, 15) is 4.79 Å². The second-order valence-corrected chi connectivity index (χ2v) is 9.58. The number of para-hydroxylation sites is 1. The number of thiophene rings is 1. The monoisotopic (exact) mass is 370 g/mol. The average Bonchev–Trinajstić information content (AvgIpc) is 2.95. The van der Waals surface area contributed by atoms with Gasteiger partial charge in [0.05, 0.1) is 11.1 Å². The Kier molecular flexibility index (Phi) is 4.46. The Morgan fingerprint density at radius 3 is 2.76 bits per heavy atom. The normalized spacial score (nSPS) is 17.2. The highest BCUT2D eigenvalue weighted by molar-refractivity contribution is 7.99. The topological polar surface area (TPSA) is 34.9 Å². The summed E-state index contributed by atoms with van der Waals surface area (Å²) in [7, 11) is 0. The Morgan fingerprint density at radius 2 is 2.04 bits per heavy atom. The highest BCUT2D eigenvalue weighted by atomic mass is 32.2. The van der Waals surface area contributed by atoms with Gasteiger partial charge in [-0.05, 0) is 42.9 Å². The van der Waals surface area contributed by atoms with E-state index >= 15 is 0 Å².